The van der Waals surface area contributed by atoms with Crippen LogP contribution in [0.1, 0.15) is 13.8 Å². The van der Waals surface area contributed by atoms with Crippen molar-refractivity contribution in [3.05, 3.63) is 12.7 Å². The highest BCUT2D eigenvalue weighted by Gasteiger charge is 2.13. The van der Waals surface area contributed by atoms with Crippen LogP contribution in [-0.2, 0) is 9.59 Å². The van der Waals surface area contributed by atoms with E-state index in [1.165, 1.54) is 11.8 Å². The lowest BCUT2D eigenvalue weighted by Crippen LogP contribution is -2.37. The van der Waals surface area contributed by atoms with Gasteiger partial charge in [0.1, 0.15) is 6.29 Å². The van der Waals surface area contributed by atoms with Gasteiger partial charge in [-0.1, -0.05) is 6.08 Å². The number of nitrogens with zero attached hydrogens (tertiary/aromatic N) is 1. The molecule has 0 rings (SSSR count). The Morgan fingerprint density at radius 3 is 2.55 bits per heavy atom. The van der Waals surface area contributed by atoms with Crippen LogP contribution in [0.4, 0.5) is 0 Å². The summed E-state index contributed by atoms with van der Waals surface area (Å²) >= 11 is 0. The molecule has 0 fully saturated rings. The molecule has 0 aromatic heterocycles. The Kier molecular flexibility index (Phi) is 4.18. The maximum Gasteiger partial charge on any atom is 0.220 e. The van der Waals surface area contributed by atoms with E-state index in [0.717, 1.165) is 6.29 Å². The number of hydrogen-bond acceptors (Lipinski definition) is 2. The summed E-state index contributed by atoms with van der Waals surface area (Å²) in [5.74, 6) is -0.107. The zero-order valence-electron chi connectivity index (χ0n) is 6.91. The fourth-order valence-electron chi connectivity index (χ4n) is 0.794. The van der Waals surface area contributed by atoms with Gasteiger partial charge in [-0.25, -0.2) is 0 Å². The first-order valence-electron chi connectivity index (χ1n) is 3.47. The molecule has 0 aliphatic carbocycles. The normalized spacial score (nSPS) is 11.8. The van der Waals surface area contributed by atoms with Gasteiger partial charge in [-0.05, 0) is 6.92 Å². The highest BCUT2D eigenvalue weighted by Crippen LogP contribution is 1.96. The summed E-state index contributed by atoms with van der Waals surface area (Å²) in [6, 6.07) is -0.356. The second-order valence-electron chi connectivity index (χ2n) is 2.34. The summed E-state index contributed by atoms with van der Waals surface area (Å²) in [4.78, 5) is 22.6. The Labute approximate surface area is 66.7 Å². The van der Waals surface area contributed by atoms with Gasteiger partial charge in [0.15, 0.2) is 0 Å². The van der Waals surface area contributed by atoms with Crippen molar-refractivity contribution in [3.63, 3.8) is 0 Å². The van der Waals surface area contributed by atoms with E-state index in [2.05, 4.69) is 6.58 Å². The Balaban J connectivity index is 4.19. The van der Waals surface area contributed by atoms with Gasteiger partial charge >= 0.3 is 0 Å². The zero-order chi connectivity index (χ0) is 8.85. The van der Waals surface area contributed by atoms with Crippen molar-refractivity contribution in [2.24, 2.45) is 0 Å². The number of hydrogen-bond donors (Lipinski definition) is 0. The summed E-state index contributed by atoms with van der Waals surface area (Å²) in [6.07, 6.45) is 2.34. The fourth-order valence-corrected chi connectivity index (χ4v) is 0.794. The van der Waals surface area contributed by atoms with Crippen LogP contribution in [0.15, 0.2) is 12.7 Å². The van der Waals surface area contributed by atoms with E-state index < -0.39 is 0 Å². The van der Waals surface area contributed by atoms with Crippen molar-refractivity contribution in [1.82, 2.24) is 4.90 Å². The second kappa shape index (κ2) is 4.66. The maximum atomic E-state index is 10.9. The number of rotatable bonds is 4. The molecule has 11 heavy (non-hydrogen) atoms. The average Bonchev–Trinajstić information content (AvgIpc) is 1.98. The Morgan fingerprint density at radius 2 is 2.27 bits per heavy atom. The Hall–Kier alpha value is -1.12. The first kappa shape index (κ1) is 9.88. The number of carbonyl (C=O) groups is 2. The summed E-state index contributed by atoms with van der Waals surface area (Å²) in [5, 5.41) is 0. The fraction of sp³-hybridized carbons (Fsp3) is 0.500. The average molecular weight is 155 g/mol. The predicted molar refractivity (Wildman–Crippen MR) is 43.1 cm³/mol. The molecule has 0 aliphatic heterocycles. The van der Waals surface area contributed by atoms with Gasteiger partial charge in [0.2, 0.25) is 5.91 Å². The smallest absolute Gasteiger partial charge is 0.220 e. The number of aldehydes is 1. The quantitative estimate of drug-likeness (QED) is 0.440. The topological polar surface area (TPSA) is 37.4 Å². The molecule has 0 saturated heterocycles. The van der Waals surface area contributed by atoms with E-state index in [-0.39, 0.29) is 11.9 Å². The third-order valence-electron chi connectivity index (χ3n) is 1.42. The van der Waals surface area contributed by atoms with E-state index in [1.807, 2.05) is 0 Å². The highest BCUT2D eigenvalue weighted by atomic mass is 16.2. The molecule has 0 bridgehead atoms. The van der Waals surface area contributed by atoms with Crippen LogP contribution < -0.4 is 0 Å². The Bertz CT molecular complexity index is 165. The minimum Gasteiger partial charge on any atom is -0.330 e. The molecular weight excluding hydrogens is 142 g/mol. The van der Waals surface area contributed by atoms with Gasteiger partial charge in [-0.2, -0.15) is 0 Å². The van der Waals surface area contributed by atoms with Crippen LogP contribution in [-0.4, -0.2) is 29.7 Å². The van der Waals surface area contributed by atoms with Crippen molar-refractivity contribution in [1.29, 1.82) is 0 Å². The van der Waals surface area contributed by atoms with Gasteiger partial charge in [0.05, 0.1) is 6.04 Å². The molecule has 0 radical (unpaired) electrons. The Morgan fingerprint density at radius 1 is 1.73 bits per heavy atom. The number of amides is 1. The second-order valence-corrected chi connectivity index (χ2v) is 2.34. The van der Waals surface area contributed by atoms with Crippen LogP contribution in [0.25, 0.3) is 0 Å². The van der Waals surface area contributed by atoms with Crippen molar-refractivity contribution in [2.75, 3.05) is 6.54 Å². The van der Waals surface area contributed by atoms with E-state index >= 15 is 0 Å². The minimum atomic E-state index is -0.356. The van der Waals surface area contributed by atoms with Crippen LogP contribution in [0.5, 0.6) is 0 Å². The number of carbonyl (C=O) groups excluding carboxylic acids is 2. The highest BCUT2D eigenvalue weighted by molar-refractivity contribution is 5.77. The lowest BCUT2D eigenvalue weighted by atomic mass is 10.3. The molecule has 0 aliphatic rings. The molecule has 0 aromatic carbocycles. The third kappa shape index (κ3) is 2.98. The largest absolute Gasteiger partial charge is 0.330 e. The summed E-state index contributed by atoms with van der Waals surface area (Å²) in [6.45, 7) is 7.03. The van der Waals surface area contributed by atoms with Gasteiger partial charge < -0.3 is 9.69 Å². The SMILES string of the molecule is C=CCN(C(C)=O)C(C)C=O. The molecule has 1 amide bonds. The van der Waals surface area contributed by atoms with Crippen LogP contribution in [0.2, 0.25) is 0 Å². The zero-order valence-corrected chi connectivity index (χ0v) is 6.91. The minimum absolute atomic E-state index is 0.107. The third-order valence-corrected chi connectivity index (χ3v) is 1.42. The molecular formula is C8H13NO2. The molecule has 3 nitrogen and oxygen atoms in total. The molecule has 0 heterocycles. The van der Waals surface area contributed by atoms with E-state index in [9.17, 15) is 9.59 Å². The molecule has 0 aromatic rings. The van der Waals surface area contributed by atoms with Crippen LogP contribution in [0.3, 0.4) is 0 Å². The van der Waals surface area contributed by atoms with Gasteiger partial charge in [0, 0.05) is 13.5 Å². The van der Waals surface area contributed by atoms with Crippen molar-refractivity contribution >= 4 is 12.2 Å². The van der Waals surface area contributed by atoms with Gasteiger partial charge in [-0.3, -0.25) is 4.79 Å². The van der Waals surface area contributed by atoms with E-state index in [4.69, 9.17) is 0 Å². The first-order valence-corrected chi connectivity index (χ1v) is 3.47. The molecule has 0 spiro atoms. The molecule has 0 N–H and O–H groups in total. The predicted octanol–water partition coefficient (Wildman–Crippen LogP) is 0.608. The summed E-state index contributed by atoms with van der Waals surface area (Å²) < 4.78 is 0. The summed E-state index contributed by atoms with van der Waals surface area (Å²) in [5.41, 5.74) is 0. The standard InChI is InChI=1S/C8H13NO2/c1-4-5-9(8(3)11)7(2)6-10/h4,6-7H,1,5H2,2-3H3. The van der Waals surface area contributed by atoms with Crippen LogP contribution >= 0.6 is 0 Å². The molecule has 1 unspecified atom stereocenters. The maximum absolute atomic E-state index is 10.9. The van der Waals surface area contributed by atoms with Crippen molar-refractivity contribution in [2.45, 2.75) is 19.9 Å². The first-order chi connectivity index (χ1) is 5.13. The lowest BCUT2D eigenvalue weighted by molar-refractivity contribution is -0.133. The van der Waals surface area contributed by atoms with Crippen LogP contribution in [0, 0.1) is 0 Å². The molecule has 3 heteroatoms. The van der Waals surface area contributed by atoms with E-state index in [1.54, 1.807) is 13.0 Å². The van der Waals surface area contributed by atoms with Crippen molar-refractivity contribution < 1.29 is 9.59 Å². The lowest BCUT2D eigenvalue weighted by Gasteiger charge is -2.22. The molecule has 1 atom stereocenters. The monoisotopic (exact) mass is 155 g/mol. The van der Waals surface area contributed by atoms with Crippen molar-refractivity contribution in [3.8, 4) is 0 Å². The summed E-state index contributed by atoms with van der Waals surface area (Å²) in [7, 11) is 0. The molecule has 0 saturated carbocycles. The van der Waals surface area contributed by atoms with Gasteiger partial charge in [0.25, 0.3) is 0 Å². The van der Waals surface area contributed by atoms with Gasteiger partial charge in [-0.15, -0.1) is 6.58 Å². The van der Waals surface area contributed by atoms with E-state index in [0.29, 0.717) is 6.54 Å². The molecule has 62 valence electrons.